The molecule has 0 spiro atoms. The van der Waals surface area contributed by atoms with Crippen LogP contribution in [0.4, 0.5) is 0 Å². The van der Waals surface area contributed by atoms with Gasteiger partial charge in [0.05, 0.1) is 10.9 Å². The van der Waals surface area contributed by atoms with E-state index in [2.05, 4.69) is 152 Å². The number of rotatable bonds is 6. The van der Waals surface area contributed by atoms with Gasteiger partial charge in [-0.25, -0.2) is 4.98 Å². The summed E-state index contributed by atoms with van der Waals surface area (Å²) in [6.07, 6.45) is 10.0. The molecule has 0 atom stereocenters. The number of pyridine rings is 1. The molecule has 0 aliphatic heterocycles. The van der Waals surface area contributed by atoms with Crippen LogP contribution in [-0.4, -0.2) is 17.6 Å². The summed E-state index contributed by atoms with van der Waals surface area (Å²) >= 11 is 0. The first-order valence-electron chi connectivity index (χ1n) is 12.7. The average molecular weight is 526 g/mol. The van der Waals surface area contributed by atoms with Crippen LogP contribution in [0.15, 0.2) is 152 Å². The average Bonchev–Trinajstić information content (AvgIpc) is 3.01. The van der Waals surface area contributed by atoms with Crippen LogP contribution in [0.1, 0.15) is 0 Å². The van der Waals surface area contributed by atoms with E-state index in [0.29, 0.717) is 0 Å². The van der Waals surface area contributed by atoms with Crippen LogP contribution in [0.25, 0.3) is 10.8 Å². The van der Waals surface area contributed by atoms with E-state index in [4.69, 9.17) is 17.6 Å². The fraction of sp³-hybridized carbons (Fsp3) is 0. The van der Waals surface area contributed by atoms with E-state index in [0.717, 1.165) is 16.3 Å². The third-order valence-corrected chi connectivity index (χ3v) is 14.0. The molecule has 1 aromatic heterocycles. The fourth-order valence-electron chi connectivity index (χ4n) is 5.19. The van der Waals surface area contributed by atoms with Gasteiger partial charge in [0.2, 0.25) is 0 Å². The predicted octanol–water partition coefficient (Wildman–Crippen LogP) is 5.69. The molecule has 38 heavy (non-hydrogen) atoms. The molecular formula is C35H29NP2. The van der Waals surface area contributed by atoms with Gasteiger partial charge in [0, 0.05) is 5.39 Å². The van der Waals surface area contributed by atoms with Gasteiger partial charge < -0.3 is 0 Å². The van der Waals surface area contributed by atoms with Crippen LogP contribution in [0, 0.1) is 0 Å². The summed E-state index contributed by atoms with van der Waals surface area (Å²) in [6, 6.07) is 53.6. The maximum absolute atomic E-state index is 5.62. The zero-order chi connectivity index (χ0) is 26.0. The van der Waals surface area contributed by atoms with Crippen LogP contribution in [-0.2, 0) is 0 Å². The van der Waals surface area contributed by atoms with Crippen molar-refractivity contribution < 1.29 is 0 Å². The van der Waals surface area contributed by atoms with Gasteiger partial charge in [-0.2, -0.15) is 0 Å². The Morgan fingerprint density at radius 2 is 0.789 bits per heavy atom. The molecule has 0 aliphatic carbocycles. The summed E-state index contributed by atoms with van der Waals surface area (Å²) in [4.78, 5) is 5.62. The van der Waals surface area contributed by atoms with E-state index in [1.807, 2.05) is 0 Å². The molecule has 0 saturated carbocycles. The molecule has 0 saturated heterocycles. The molecule has 0 amide bonds. The van der Waals surface area contributed by atoms with Gasteiger partial charge in [0.25, 0.3) is 0 Å². The molecule has 0 aliphatic rings. The highest BCUT2D eigenvalue weighted by atomic mass is 31.2. The topological polar surface area (TPSA) is 12.9 Å². The van der Waals surface area contributed by atoms with Crippen molar-refractivity contribution >= 4 is 69.2 Å². The minimum atomic E-state index is -2.32. The molecule has 3 heteroatoms. The SMILES string of the molecule is C=P(c1ccccc1)(c1ccccc1)c1cc2ccccc2c(P(=C)(c2ccccc2)c2ccccc2)n1. The number of hydrogen-bond donors (Lipinski definition) is 0. The molecular weight excluding hydrogens is 496 g/mol. The van der Waals surface area contributed by atoms with Crippen LogP contribution in [0.3, 0.4) is 0 Å². The Morgan fingerprint density at radius 3 is 1.24 bits per heavy atom. The van der Waals surface area contributed by atoms with E-state index in [-0.39, 0.29) is 0 Å². The normalized spacial score (nSPS) is 11.9. The Kier molecular flexibility index (Phi) is 6.50. The van der Waals surface area contributed by atoms with Crippen molar-refractivity contribution in [1.29, 1.82) is 0 Å². The molecule has 0 bridgehead atoms. The van der Waals surface area contributed by atoms with Crippen molar-refractivity contribution in [3.05, 3.63) is 152 Å². The monoisotopic (exact) mass is 525 g/mol. The highest BCUT2D eigenvalue weighted by Crippen LogP contribution is 2.45. The lowest BCUT2D eigenvalue weighted by atomic mass is 10.2. The van der Waals surface area contributed by atoms with Gasteiger partial charge in [-0.1, -0.05) is 158 Å². The van der Waals surface area contributed by atoms with Crippen LogP contribution in [0.5, 0.6) is 0 Å². The Bertz CT molecular complexity index is 1710. The zero-order valence-electron chi connectivity index (χ0n) is 21.2. The van der Waals surface area contributed by atoms with Gasteiger partial charge in [0.1, 0.15) is 0 Å². The summed E-state index contributed by atoms with van der Waals surface area (Å²) in [7, 11) is 0. The van der Waals surface area contributed by atoms with E-state index in [9.17, 15) is 0 Å². The predicted molar refractivity (Wildman–Crippen MR) is 173 cm³/mol. The van der Waals surface area contributed by atoms with Gasteiger partial charge >= 0.3 is 0 Å². The Hall–Kier alpha value is -3.89. The third kappa shape index (κ3) is 4.10. The van der Waals surface area contributed by atoms with Crippen LogP contribution in [0.2, 0.25) is 0 Å². The third-order valence-electron chi connectivity index (χ3n) is 7.25. The van der Waals surface area contributed by atoms with Gasteiger partial charge in [0.15, 0.2) is 0 Å². The van der Waals surface area contributed by atoms with Crippen molar-refractivity contribution in [2.24, 2.45) is 0 Å². The molecule has 5 aromatic carbocycles. The fourth-order valence-corrected chi connectivity index (χ4v) is 11.1. The van der Waals surface area contributed by atoms with Crippen molar-refractivity contribution in [2.75, 3.05) is 0 Å². The van der Waals surface area contributed by atoms with Gasteiger partial charge in [-0.15, -0.1) is 0 Å². The minimum absolute atomic E-state index is 1.03. The molecule has 6 rings (SSSR count). The van der Waals surface area contributed by atoms with Crippen molar-refractivity contribution in [3.8, 4) is 0 Å². The van der Waals surface area contributed by atoms with E-state index < -0.39 is 13.8 Å². The van der Waals surface area contributed by atoms with Gasteiger partial charge in [-0.3, -0.25) is 0 Å². The van der Waals surface area contributed by atoms with E-state index in [1.54, 1.807) is 0 Å². The summed E-state index contributed by atoms with van der Waals surface area (Å²) in [5.41, 5.74) is 2.09. The van der Waals surface area contributed by atoms with Crippen LogP contribution >= 0.6 is 13.8 Å². The molecule has 184 valence electrons. The van der Waals surface area contributed by atoms with E-state index in [1.165, 1.54) is 26.6 Å². The summed E-state index contributed by atoms with van der Waals surface area (Å²) < 4.78 is 0. The lowest BCUT2D eigenvalue weighted by molar-refractivity contribution is 1.49. The lowest BCUT2D eigenvalue weighted by Crippen LogP contribution is -2.35. The smallest absolute Gasteiger partial charge is 0.0790 e. The van der Waals surface area contributed by atoms with Gasteiger partial charge in [-0.05, 0) is 46.4 Å². The minimum Gasteiger partial charge on any atom is -0.246 e. The summed E-state index contributed by atoms with van der Waals surface area (Å²) in [6.45, 7) is -4.60. The maximum Gasteiger partial charge on any atom is 0.0790 e. The highest BCUT2D eigenvalue weighted by molar-refractivity contribution is 7.94. The largest absolute Gasteiger partial charge is 0.246 e. The molecule has 0 fully saturated rings. The molecule has 0 unspecified atom stereocenters. The summed E-state index contributed by atoms with van der Waals surface area (Å²) in [5, 5.41) is 7.19. The Labute approximate surface area is 225 Å². The standard InChI is InChI=1S/C35H29NP2/c1-37(29-18-7-3-8-19-29,30-20-9-4-10-21-30)34-27-28-17-15-16-26-33(28)35(36-34)38(2,31-22-11-5-12-23-31)32-24-13-6-14-25-32/h3-27H,1-2H2. The van der Waals surface area contributed by atoms with Crippen molar-refractivity contribution in [1.82, 2.24) is 4.98 Å². The maximum atomic E-state index is 5.62. The molecule has 6 aromatic rings. The van der Waals surface area contributed by atoms with Crippen LogP contribution < -0.4 is 32.1 Å². The van der Waals surface area contributed by atoms with Crippen molar-refractivity contribution in [2.45, 2.75) is 0 Å². The Balaban J connectivity index is 1.73. The molecule has 0 radical (unpaired) electrons. The number of hydrogen-bond acceptors (Lipinski definition) is 1. The second-order valence-corrected chi connectivity index (χ2v) is 15.7. The quantitative estimate of drug-likeness (QED) is 0.255. The van der Waals surface area contributed by atoms with Crippen molar-refractivity contribution in [3.63, 3.8) is 0 Å². The zero-order valence-corrected chi connectivity index (χ0v) is 23.0. The second-order valence-electron chi connectivity index (χ2n) is 9.49. The van der Waals surface area contributed by atoms with E-state index >= 15 is 0 Å². The molecule has 0 N–H and O–H groups in total. The molecule has 1 nitrogen and oxygen atoms in total. The first-order chi connectivity index (χ1) is 18.6. The second kappa shape index (κ2) is 10.1. The first-order valence-corrected chi connectivity index (χ1v) is 16.7. The number of nitrogens with zero attached hydrogens (tertiary/aromatic N) is 1. The molecule has 1 heterocycles. The first kappa shape index (κ1) is 24.4. The summed E-state index contributed by atoms with van der Waals surface area (Å²) in [5.74, 6) is 0. The lowest BCUT2D eigenvalue weighted by Gasteiger charge is -2.30. The number of benzene rings is 5. The number of fused-ring (bicyclic) bond motifs is 1. The Morgan fingerprint density at radius 1 is 0.421 bits per heavy atom. The highest BCUT2D eigenvalue weighted by Gasteiger charge is 2.30. The number of aromatic nitrogens is 1.